The van der Waals surface area contributed by atoms with Crippen molar-refractivity contribution in [3.63, 3.8) is 0 Å². The van der Waals surface area contributed by atoms with Crippen LogP contribution in [0.3, 0.4) is 0 Å². The Kier molecular flexibility index (Phi) is 8.07. The predicted octanol–water partition coefficient (Wildman–Crippen LogP) is 1.88. The van der Waals surface area contributed by atoms with E-state index in [1.807, 2.05) is 11.8 Å². The fourth-order valence-corrected chi connectivity index (χ4v) is 1.61. The van der Waals surface area contributed by atoms with E-state index in [1.165, 1.54) is 0 Å². The number of hydrogen-bond donors (Lipinski definition) is 1. The molecule has 2 N–H and O–H groups in total. The van der Waals surface area contributed by atoms with Gasteiger partial charge in [-0.1, -0.05) is 6.92 Å². The first-order valence-corrected chi connectivity index (χ1v) is 5.77. The highest BCUT2D eigenvalue weighted by Gasteiger charge is 1.98. The van der Waals surface area contributed by atoms with E-state index in [9.17, 15) is 0 Å². The van der Waals surface area contributed by atoms with Crippen LogP contribution in [0, 0.1) is 0 Å². The maximum absolute atomic E-state index is 5.75. The maximum Gasteiger partial charge on any atom is 0.0560 e. The summed E-state index contributed by atoms with van der Waals surface area (Å²) in [6.07, 6.45) is 1.42. The van der Waals surface area contributed by atoms with Crippen LogP contribution in [0.2, 0.25) is 0 Å². The van der Waals surface area contributed by atoms with E-state index in [4.69, 9.17) is 10.5 Å². The maximum atomic E-state index is 5.75. The molecule has 0 saturated carbocycles. The largest absolute Gasteiger partial charge is 0.378 e. The van der Waals surface area contributed by atoms with Crippen molar-refractivity contribution in [1.82, 2.24) is 0 Å². The van der Waals surface area contributed by atoms with Crippen LogP contribution < -0.4 is 5.73 Å². The summed E-state index contributed by atoms with van der Waals surface area (Å²) in [5.41, 5.74) is 5.75. The minimum atomic E-state index is 0.352. The highest BCUT2D eigenvalue weighted by molar-refractivity contribution is 7.99. The lowest BCUT2D eigenvalue weighted by molar-refractivity contribution is 0.0920. The van der Waals surface area contributed by atoms with Crippen molar-refractivity contribution in [2.45, 2.75) is 39.3 Å². The van der Waals surface area contributed by atoms with Crippen LogP contribution in [-0.4, -0.2) is 30.3 Å². The zero-order valence-electron chi connectivity index (χ0n) is 8.38. The normalized spacial score (nSPS) is 13.8. The number of hydrogen-bond acceptors (Lipinski definition) is 3. The first-order chi connectivity index (χ1) is 5.66. The van der Waals surface area contributed by atoms with E-state index in [0.717, 1.165) is 24.5 Å². The zero-order valence-corrected chi connectivity index (χ0v) is 9.19. The van der Waals surface area contributed by atoms with Crippen molar-refractivity contribution in [3.05, 3.63) is 0 Å². The van der Waals surface area contributed by atoms with E-state index in [-0.39, 0.29) is 0 Å². The fourth-order valence-electron chi connectivity index (χ4n) is 0.695. The molecule has 1 atom stereocenters. The first kappa shape index (κ1) is 12.3. The Bertz CT molecular complexity index is 98.5. The van der Waals surface area contributed by atoms with Gasteiger partial charge in [0.1, 0.15) is 0 Å². The molecule has 0 fully saturated rings. The van der Waals surface area contributed by atoms with Crippen LogP contribution in [0.15, 0.2) is 0 Å². The third-order valence-corrected chi connectivity index (χ3v) is 2.65. The van der Waals surface area contributed by atoms with Crippen LogP contribution in [0.1, 0.15) is 27.2 Å². The second kappa shape index (κ2) is 7.90. The average molecular weight is 191 g/mol. The molecule has 0 aromatic rings. The Labute approximate surface area is 80.2 Å². The molecule has 0 heterocycles. The van der Waals surface area contributed by atoms with Gasteiger partial charge in [0.05, 0.1) is 12.7 Å². The van der Waals surface area contributed by atoms with Gasteiger partial charge in [0, 0.05) is 17.5 Å². The van der Waals surface area contributed by atoms with Gasteiger partial charge in [0.15, 0.2) is 0 Å². The van der Waals surface area contributed by atoms with Crippen molar-refractivity contribution in [1.29, 1.82) is 0 Å². The van der Waals surface area contributed by atoms with Crippen molar-refractivity contribution in [3.8, 4) is 0 Å². The highest BCUT2D eigenvalue weighted by Crippen LogP contribution is 2.03. The summed E-state index contributed by atoms with van der Waals surface area (Å²) in [6, 6.07) is 0.356. The summed E-state index contributed by atoms with van der Waals surface area (Å²) in [5.74, 6) is 2.11. The van der Waals surface area contributed by atoms with Gasteiger partial charge in [-0.3, -0.25) is 0 Å². The minimum Gasteiger partial charge on any atom is -0.378 e. The molecule has 0 aliphatic carbocycles. The molecule has 0 amide bonds. The molecule has 0 rings (SSSR count). The Morgan fingerprint density at radius 2 is 2.08 bits per heavy atom. The third kappa shape index (κ3) is 8.37. The van der Waals surface area contributed by atoms with E-state index in [1.54, 1.807) is 0 Å². The molecule has 2 nitrogen and oxygen atoms in total. The minimum absolute atomic E-state index is 0.352. The summed E-state index contributed by atoms with van der Waals surface area (Å²) in [7, 11) is 0. The molecule has 0 spiro atoms. The van der Waals surface area contributed by atoms with E-state index in [2.05, 4.69) is 20.8 Å². The first-order valence-electron chi connectivity index (χ1n) is 4.61. The van der Waals surface area contributed by atoms with Crippen molar-refractivity contribution in [2.24, 2.45) is 5.73 Å². The summed E-state index contributed by atoms with van der Waals surface area (Å²) < 4.78 is 5.40. The summed E-state index contributed by atoms with van der Waals surface area (Å²) in [5, 5.41) is 0. The second-order valence-corrected chi connectivity index (χ2v) is 4.31. The molecular formula is C9H21NOS. The molecule has 1 unspecified atom stereocenters. The average Bonchev–Trinajstić information content (AvgIpc) is 2.03. The molecule has 3 heteroatoms. The lowest BCUT2D eigenvalue weighted by atomic mass is 10.3. The number of ether oxygens (including phenoxy) is 1. The van der Waals surface area contributed by atoms with E-state index in [0.29, 0.717) is 12.1 Å². The van der Waals surface area contributed by atoms with Gasteiger partial charge in [-0.15, -0.1) is 0 Å². The number of rotatable bonds is 7. The standard InChI is InChI=1S/C9H21NOS/c1-4-9(10)7-12-6-5-11-8(2)3/h8-9H,4-7,10H2,1-3H3. The van der Waals surface area contributed by atoms with Gasteiger partial charge in [0.2, 0.25) is 0 Å². The molecule has 0 aromatic heterocycles. The molecular weight excluding hydrogens is 170 g/mol. The number of thioether (sulfide) groups is 1. The highest BCUT2D eigenvalue weighted by atomic mass is 32.2. The predicted molar refractivity (Wildman–Crippen MR) is 56.7 cm³/mol. The molecule has 0 radical (unpaired) electrons. The third-order valence-electron chi connectivity index (χ3n) is 1.54. The topological polar surface area (TPSA) is 35.2 Å². The van der Waals surface area contributed by atoms with Gasteiger partial charge < -0.3 is 10.5 Å². The van der Waals surface area contributed by atoms with Crippen LogP contribution in [0.25, 0.3) is 0 Å². The molecule has 0 aliphatic heterocycles. The number of nitrogens with two attached hydrogens (primary N) is 1. The van der Waals surface area contributed by atoms with Gasteiger partial charge in [-0.2, -0.15) is 11.8 Å². The van der Waals surface area contributed by atoms with Crippen molar-refractivity contribution >= 4 is 11.8 Å². The second-order valence-electron chi connectivity index (χ2n) is 3.16. The van der Waals surface area contributed by atoms with Crippen molar-refractivity contribution < 1.29 is 4.74 Å². The zero-order chi connectivity index (χ0) is 9.40. The van der Waals surface area contributed by atoms with Crippen molar-refractivity contribution in [2.75, 3.05) is 18.1 Å². The van der Waals surface area contributed by atoms with E-state index < -0.39 is 0 Å². The van der Waals surface area contributed by atoms with Gasteiger partial charge in [-0.25, -0.2) is 0 Å². The Hall–Kier alpha value is 0.270. The summed E-state index contributed by atoms with van der Waals surface area (Å²) in [6.45, 7) is 7.08. The van der Waals surface area contributed by atoms with Crippen LogP contribution in [0.4, 0.5) is 0 Å². The van der Waals surface area contributed by atoms with Gasteiger partial charge in [-0.05, 0) is 20.3 Å². The van der Waals surface area contributed by atoms with Gasteiger partial charge in [0.25, 0.3) is 0 Å². The molecule has 0 aromatic carbocycles. The Balaban J connectivity index is 3.00. The quantitative estimate of drug-likeness (QED) is 0.624. The van der Waals surface area contributed by atoms with Crippen LogP contribution in [0.5, 0.6) is 0 Å². The Morgan fingerprint density at radius 3 is 2.58 bits per heavy atom. The van der Waals surface area contributed by atoms with Crippen LogP contribution in [-0.2, 0) is 4.74 Å². The Morgan fingerprint density at radius 1 is 1.42 bits per heavy atom. The van der Waals surface area contributed by atoms with E-state index >= 15 is 0 Å². The lowest BCUT2D eigenvalue weighted by Gasteiger charge is -2.09. The SMILES string of the molecule is CCC(N)CSCCOC(C)C. The summed E-state index contributed by atoms with van der Waals surface area (Å²) >= 11 is 1.88. The molecule has 12 heavy (non-hydrogen) atoms. The fraction of sp³-hybridized carbons (Fsp3) is 1.00. The molecule has 0 aliphatic rings. The van der Waals surface area contributed by atoms with Gasteiger partial charge >= 0.3 is 0 Å². The monoisotopic (exact) mass is 191 g/mol. The smallest absolute Gasteiger partial charge is 0.0560 e. The summed E-state index contributed by atoms with van der Waals surface area (Å²) in [4.78, 5) is 0. The lowest BCUT2D eigenvalue weighted by Crippen LogP contribution is -2.21. The van der Waals surface area contributed by atoms with Crippen LogP contribution >= 0.6 is 11.8 Å². The molecule has 0 bridgehead atoms. The molecule has 74 valence electrons. The molecule has 0 saturated heterocycles.